The molecule has 3 rings (SSSR count). The Morgan fingerprint density at radius 1 is 1.04 bits per heavy atom. The van der Waals surface area contributed by atoms with Crippen LogP contribution in [0.4, 0.5) is 11.9 Å². The third-order valence-corrected chi connectivity index (χ3v) is 4.56. The average Bonchev–Trinajstić information content (AvgIpc) is 2.55. The van der Waals surface area contributed by atoms with Crippen LogP contribution in [0.1, 0.15) is 47.8 Å². The molecule has 1 aromatic carbocycles. The highest BCUT2D eigenvalue weighted by atomic mass is 16.1. The van der Waals surface area contributed by atoms with Crippen molar-refractivity contribution < 1.29 is 0 Å². The number of benzene rings is 1. The van der Waals surface area contributed by atoms with Gasteiger partial charge in [-0.2, -0.15) is 0 Å². The smallest absolute Gasteiger partial charge is 0.255 e. The van der Waals surface area contributed by atoms with Gasteiger partial charge in [-0.3, -0.25) is 15.1 Å². The summed E-state index contributed by atoms with van der Waals surface area (Å²) in [5, 5.41) is 4.10. The standard InChI is InChI=1S/C20H25N5O/c1-6-7-8-15-13(4)21-20(24-18(15)26)25-19-22-14(5)16-10-11(2)9-12(3)17(16)23-19/h9-10H,6-8H2,1-5H3,(H2,21,22,23,24,25,26). The maximum Gasteiger partial charge on any atom is 0.255 e. The van der Waals surface area contributed by atoms with E-state index in [2.05, 4.69) is 51.2 Å². The second-order valence-electron chi connectivity index (χ2n) is 6.82. The molecule has 0 fully saturated rings. The van der Waals surface area contributed by atoms with Crippen molar-refractivity contribution in [3.8, 4) is 0 Å². The van der Waals surface area contributed by atoms with Crippen molar-refractivity contribution in [2.24, 2.45) is 0 Å². The van der Waals surface area contributed by atoms with Crippen LogP contribution in [0.25, 0.3) is 10.9 Å². The van der Waals surface area contributed by atoms with E-state index in [0.717, 1.165) is 52.7 Å². The Hall–Kier alpha value is -2.76. The molecule has 6 nitrogen and oxygen atoms in total. The van der Waals surface area contributed by atoms with Gasteiger partial charge in [0.2, 0.25) is 11.9 Å². The summed E-state index contributed by atoms with van der Waals surface area (Å²) in [5.41, 5.74) is 5.48. The lowest BCUT2D eigenvalue weighted by Crippen LogP contribution is -2.18. The number of H-pyrrole nitrogens is 1. The first kappa shape index (κ1) is 18.0. The fourth-order valence-electron chi connectivity index (χ4n) is 3.21. The van der Waals surface area contributed by atoms with E-state index in [0.29, 0.717) is 11.9 Å². The van der Waals surface area contributed by atoms with Crippen LogP contribution in [0.15, 0.2) is 16.9 Å². The van der Waals surface area contributed by atoms with Crippen LogP contribution in [0, 0.1) is 27.7 Å². The van der Waals surface area contributed by atoms with Crippen molar-refractivity contribution >= 4 is 22.8 Å². The first-order valence-corrected chi connectivity index (χ1v) is 9.01. The van der Waals surface area contributed by atoms with Gasteiger partial charge < -0.3 is 0 Å². The predicted octanol–water partition coefficient (Wildman–Crippen LogP) is 4.03. The first-order chi connectivity index (χ1) is 12.4. The number of aromatic nitrogens is 4. The van der Waals surface area contributed by atoms with Crippen molar-refractivity contribution in [1.82, 2.24) is 19.9 Å². The number of rotatable bonds is 5. The number of hydrogen-bond acceptors (Lipinski definition) is 5. The van der Waals surface area contributed by atoms with E-state index in [4.69, 9.17) is 0 Å². The van der Waals surface area contributed by atoms with Gasteiger partial charge in [0.05, 0.1) is 11.2 Å². The molecule has 2 N–H and O–H groups in total. The van der Waals surface area contributed by atoms with E-state index >= 15 is 0 Å². The van der Waals surface area contributed by atoms with Gasteiger partial charge in [0, 0.05) is 16.6 Å². The highest BCUT2D eigenvalue weighted by Gasteiger charge is 2.11. The molecular formula is C20H25N5O. The maximum absolute atomic E-state index is 12.4. The molecular weight excluding hydrogens is 326 g/mol. The quantitative estimate of drug-likeness (QED) is 0.725. The van der Waals surface area contributed by atoms with E-state index < -0.39 is 0 Å². The van der Waals surface area contributed by atoms with Gasteiger partial charge in [0.25, 0.3) is 5.56 Å². The summed E-state index contributed by atoms with van der Waals surface area (Å²) >= 11 is 0. The summed E-state index contributed by atoms with van der Waals surface area (Å²) in [6.45, 7) is 10.0. The van der Waals surface area contributed by atoms with Gasteiger partial charge in [-0.25, -0.2) is 15.0 Å². The summed E-state index contributed by atoms with van der Waals surface area (Å²) in [7, 11) is 0. The topological polar surface area (TPSA) is 83.6 Å². The molecule has 0 saturated carbocycles. The molecule has 0 aliphatic rings. The number of aromatic amines is 1. The van der Waals surface area contributed by atoms with Crippen LogP contribution >= 0.6 is 0 Å². The molecule has 2 heterocycles. The van der Waals surface area contributed by atoms with E-state index in [-0.39, 0.29) is 5.56 Å². The van der Waals surface area contributed by atoms with Crippen LogP contribution in [0.3, 0.4) is 0 Å². The fraction of sp³-hybridized carbons (Fsp3) is 0.400. The zero-order valence-corrected chi connectivity index (χ0v) is 16.0. The van der Waals surface area contributed by atoms with E-state index in [1.165, 1.54) is 5.56 Å². The van der Waals surface area contributed by atoms with Crippen LogP contribution in [-0.2, 0) is 6.42 Å². The minimum absolute atomic E-state index is 0.0993. The highest BCUT2D eigenvalue weighted by molar-refractivity contribution is 5.85. The first-order valence-electron chi connectivity index (χ1n) is 9.01. The molecule has 0 bridgehead atoms. The third-order valence-electron chi connectivity index (χ3n) is 4.56. The third kappa shape index (κ3) is 3.59. The van der Waals surface area contributed by atoms with Crippen LogP contribution in [-0.4, -0.2) is 19.9 Å². The predicted molar refractivity (Wildman–Crippen MR) is 105 cm³/mol. The Balaban J connectivity index is 1.98. The normalized spacial score (nSPS) is 11.1. The second-order valence-corrected chi connectivity index (χ2v) is 6.82. The molecule has 0 atom stereocenters. The summed E-state index contributed by atoms with van der Waals surface area (Å²) in [6.07, 6.45) is 2.76. The monoisotopic (exact) mass is 351 g/mol. The summed E-state index contributed by atoms with van der Waals surface area (Å²) in [6, 6.07) is 4.19. The summed E-state index contributed by atoms with van der Waals surface area (Å²) in [5.74, 6) is 0.807. The zero-order valence-electron chi connectivity index (χ0n) is 16.0. The van der Waals surface area contributed by atoms with Crippen molar-refractivity contribution in [2.45, 2.75) is 53.9 Å². The van der Waals surface area contributed by atoms with Gasteiger partial charge in [0.1, 0.15) is 0 Å². The molecule has 0 aliphatic carbocycles. The summed E-state index contributed by atoms with van der Waals surface area (Å²) < 4.78 is 0. The van der Waals surface area contributed by atoms with Crippen LogP contribution in [0.5, 0.6) is 0 Å². The lowest BCUT2D eigenvalue weighted by molar-refractivity contribution is 0.774. The van der Waals surface area contributed by atoms with Gasteiger partial charge >= 0.3 is 0 Å². The average molecular weight is 351 g/mol. The van der Waals surface area contributed by atoms with Crippen molar-refractivity contribution in [1.29, 1.82) is 0 Å². The molecule has 3 aromatic rings. The highest BCUT2D eigenvalue weighted by Crippen LogP contribution is 2.23. The number of hydrogen-bond donors (Lipinski definition) is 2. The maximum atomic E-state index is 12.4. The Morgan fingerprint density at radius 3 is 2.50 bits per heavy atom. The minimum Gasteiger partial charge on any atom is -0.294 e. The van der Waals surface area contributed by atoms with Crippen LogP contribution < -0.4 is 10.9 Å². The zero-order chi connectivity index (χ0) is 18.8. The van der Waals surface area contributed by atoms with Crippen molar-refractivity contribution in [3.63, 3.8) is 0 Å². The Kier molecular flexibility index (Phi) is 5.02. The molecule has 2 aromatic heterocycles. The molecule has 0 unspecified atom stereocenters. The molecule has 26 heavy (non-hydrogen) atoms. The number of unbranched alkanes of at least 4 members (excludes halogenated alkanes) is 1. The molecule has 0 aliphatic heterocycles. The fourth-order valence-corrected chi connectivity index (χ4v) is 3.21. The SMILES string of the molecule is CCCCc1c(C)nc(Nc2nc(C)c3cc(C)cc(C)c3n2)[nH]c1=O. The molecule has 0 spiro atoms. The van der Waals surface area contributed by atoms with E-state index in [1.54, 1.807) is 0 Å². The number of aryl methyl sites for hydroxylation is 4. The van der Waals surface area contributed by atoms with E-state index in [9.17, 15) is 4.79 Å². The van der Waals surface area contributed by atoms with E-state index in [1.807, 2.05) is 20.8 Å². The molecule has 0 saturated heterocycles. The number of fused-ring (bicyclic) bond motifs is 1. The van der Waals surface area contributed by atoms with Crippen LogP contribution in [0.2, 0.25) is 0 Å². The lowest BCUT2D eigenvalue weighted by Gasteiger charge is -2.11. The Labute approximate surface area is 153 Å². The number of nitrogens with zero attached hydrogens (tertiary/aromatic N) is 3. The number of anilines is 2. The second kappa shape index (κ2) is 7.23. The molecule has 0 amide bonds. The number of nitrogens with one attached hydrogen (secondary N) is 2. The Morgan fingerprint density at radius 2 is 1.81 bits per heavy atom. The van der Waals surface area contributed by atoms with Gasteiger partial charge in [-0.15, -0.1) is 0 Å². The minimum atomic E-state index is -0.0993. The van der Waals surface area contributed by atoms with Gasteiger partial charge in [0.15, 0.2) is 0 Å². The Bertz CT molecular complexity index is 1020. The largest absolute Gasteiger partial charge is 0.294 e. The molecule has 0 radical (unpaired) electrons. The van der Waals surface area contributed by atoms with Gasteiger partial charge in [-0.05, 0) is 52.2 Å². The van der Waals surface area contributed by atoms with Gasteiger partial charge in [-0.1, -0.05) is 25.0 Å². The lowest BCUT2D eigenvalue weighted by atomic mass is 10.1. The van der Waals surface area contributed by atoms with Crippen molar-refractivity contribution in [2.75, 3.05) is 5.32 Å². The molecule has 136 valence electrons. The summed E-state index contributed by atoms with van der Waals surface area (Å²) in [4.78, 5) is 28.8. The molecule has 6 heteroatoms. The van der Waals surface area contributed by atoms with Crippen molar-refractivity contribution in [3.05, 3.63) is 50.6 Å².